The Morgan fingerprint density at radius 1 is 1.08 bits per heavy atom. The lowest BCUT2D eigenvalue weighted by molar-refractivity contribution is -0.142. The van der Waals surface area contributed by atoms with Crippen molar-refractivity contribution >= 4 is 34.6 Å². The van der Waals surface area contributed by atoms with Gasteiger partial charge in [-0.2, -0.15) is 0 Å². The van der Waals surface area contributed by atoms with Crippen LogP contribution in [0.5, 0.6) is 0 Å². The lowest BCUT2D eigenvalue weighted by Gasteiger charge is -2.23. The van der Waals surface area contributed by atoms with Crippen molar-refractivity contribution in [3.05, 3.63) is 36.0 Å². The van der Waals surface area contributed by atoms with Crippen LogP contribution in [-0.4, -0.2) is 71.0 Å². The molecule has 4 atom stereocenters. The van der Waals surface area contributed by atoms with Gasteiger partial charge in [0.1, 0.15) is 18.1 Å². The summed E-state index contributed by atoms with van der Waals surface area (Å²) in [5.74, 6) is -2.55. The molecule has 1 aromatic heterocycles. The first-order valence-corrected chi connectivity index (χ1v) is 12.4. The van der Waals surface area contributed by atoms with Crippen LogP contribution in [0.4, 0.5) is 0 Å². The highest BCUT2D eigenvalue weighted by molar-refractivity contribution is 5.94. The van der Waals surface area contributed by atoms with E-state index >= 15 is 0 Å². The molecule has 3 amide bonds. The van der Waals surface area contributed by atoms with Crippen molar-refractivity contribution in [2.45, 2.75) is 69.6 Å². The molecule has 8 N–H and O–H groups in total. The summed E-state index contributed by atoms with van der Waals surface area (Å²) in [6, 6.07) is 4.30. The van der Waals surface area contributed by atoms with Gasteiger partial charge in [-0.05, 0) is 63.7 Å². The lowest BCUT2D eigenvalue weighted by atomic mass is 10.0. The summed E-state index contributed by atoms with van der Waals surface area (Å²) in [5, 5.41) is 21.4. The fourth-order valence-electron chi connectivity index (χ4n) is 4.34. The van der Waals surface area contributed by atoms with Gasteiger partial charge in [-0.25, -0.2) is 4.79 Å². The molecule has 0 saturated carbocycles. The van der Waals surface area contributed by atoms with E-state index in [1.807, 2.05) is 24.3 Å². The average Bonchev–Trinajstić information content (AvgIpc) is 3.53. The van der Waals surface area contributed by atoms with Crippen molar-refractivity contribution in [2.24, 2.45) is 5.73 Å². The largest absolute Gasteiger partial charge is 0.480 e. The summed E-state index contributed by atoms with van der Waals surface area (Å²) in [5.41, 5.74) is 7.23. The summed E-state index contributed by atoms with van der Waals surface area (Å²) < 4.78 is 0. The van der Waals surface area contributed by atoms with Crippen LogP contribution in [0.2, 0.25) is 0 Å². The van der Waals surface area contributed by atoms with Crippen LogP contribution in [0.1, 0.15) is 44.6 Å². The molecule has 1 fully saturated rings. The summed E-state index contributed by atoms with van der Waals surface area (Å²) in [6.45, 7) is 2.66. The number of carbonyl (C=O) groups excluding carboxylic acids is 3. The SMILES string of the molecule is CC(NC(=O)C(Cc1c[nH]c2ccccc12)NC(=O)C1CCCN1)C(=O)NC(CCCCN)C(=O)O. The van der Waals surface area contributed by atoms with Gasteiger partial charge in [-0.15, -0.1) is 0 Å². The maximum absolute atomic E-state index is 13.2. The number of aliphatic carboxylic acids is 1. The van der Waals surface area contributed by atoms with Gasteiger partial charge in [0.05, 0.1) is 6.04 Å². The summed E-state index contributed by atoms with van der Waals surface area (Å²) >= 11 is 0. The smallest absolute Gasteiger partial charge is 0.326 e. The van der Waals surface area contributed by atoms with E-state index in [2.05, 4.69) is 26.3 Å². The van der Waals surface area contributed by atoms with Crippen molar-refractivity contribution in [2.75, 3.05) is 13.1 Å². The van der Waals surface area contributed by atoms with Gasteiger partial charge < -0.3 is 37.1 Å². The van der Waals surface area contributed by atoms with Gasteiger partial charge in [-0.3, -0.25) is 14.4 Å². The molecule has 196 valence electrons. The molecule has 0 aliphatic carbocycles. The maximum atomic E-state index is 13.2. The minimum Gasteiger partial charge on any atom is -0.480 e. The normalized spacial score (nSPS) is 17.8. The molecule has 11 heteroatoms. The lowest BCUT2D eigenvalue weighted by Crippen LogP contribution is -2.56. The number of hydrogen-bond donors (Lipinski definition) is 7. The molecule has 2 aromatic rings. The monoisotopic (exact) mass is 500 g/mol. The predicted octanol–water partition coefficient (Wildman–Crippen LogP) is 0.150. The minimum atomic E-state index is -1.15. The molecule has 0 bridgehead atoms. The molecule has 1 aromatic carbocycles. The third kappa shape index (κ3) is 7.28. The van der Waals surface area contributed by atoms with Gasteiger partial charge in [0.15, 0.2) is 0 Å². The van der Waals surface area contributed by atoms with Crippen LogP contribution < -0.4 is 27.0 Å². The Morgan fingerprint density at radius 3 is 2.56 bits per heavy atom. The number of aromatic amines is 1. The third-order valence-corrected chi connectivity index (χ3v) is 6.42. The van der Waals surface area contributed by atoms with Gasteiger partial charge in [-0.1, -0.05) is 18.2 Å². The number of nitrogens with two attached hydrogens (primary N) is 1. The van der Waals surface area contributed by atoms with E-state index in [1.54, 1.807) is 6.20 Å². The van der Waals surface area contributed by atoms with Gasteiger partial charge >= 0.3 is 5.97 Å². The summed E-state index contributed by atoms with van der Waals surface area (Å²) in [6.07, 6.45) is 5.04. The molecule has 36 heavy (non-hydrogen) atoms. The molecular weight excluding hydrogens is 464 g/mol. The summed E-state index contributed by atoms with van der Waals surface area (Å²) in [4.78, 5) is 53.4. The molecule has 1 aliphatic heterocycles. The van der Waals surface area contributed by atoms with Crippen LogP contribution in [0, 0.1) is 0 Å². The Labute approximate surface area is 210 Å². The van der Waals surface area contributed by atoms with Gasteiger partial charge in [0, 0.05) is 23.5 Å². The highest BCUT2D eigenvalue weighted by Crippen LogP contribution is 2.19. The number of nitrogens with one attached hydrogen (secondary N) is 5. The number of benzene rings is 1. The number of carboxylic acids is 1. The van der Waals surface area contributed by atoms with Crippen LogP contribution in [-0.2, 0) is 25.6 Å². The van der Waals surface area contributed by atoms with Crippen LogP contribution >= 0.6 is 0 Å². The number of rotatable bonds is 13. The van der Waals surface area contributed by atoms with Gasteiger partial charge in [0.2, 0.25) is 17.7 Å². The van der Waals surface area contributed by atoms with Gasteiger partial charge in [0.25, 0.3) is 0 Å². The topological polar surface area (TPSA) is 178 Å². The molecular formula is C25H36N6O5. The predicted molar refractivity (Wildman–Crippen MR) is 135 cm³/mol. The maximum Gasteiger partial charge on any atom is 0.326 e. The van der Waals surface area contributed by atoms with E-state index < -0.39 is 35.9 Å². The molecule has 11 nitrogen and oxygen atoms in total. The zero-order valence-electron chi connectivity index (χ0n) is 20.5. The fraction of sp³-hybridized carbons (Fsp3) is 0.520. The molecule has 1 aliphatic rings. The van der Waals surface area contributed by atoms with Crippen molar-refractivity contribution in [1.82, 2.24) is 26.3 Å². The molecule has 3 rings (SSSR count). The molecule has 1 saturated heterocycles. The van der Waals surface area contributed by atoms with E-state index in [9.17, 15) is 24.3 Å². The second-order valence-corrected chi connectivity index (χ2v) is 9.19. The van der Waals surface area contributed by atoms with Crippen LogP contribution in [0.3, 0.4) is 0 Å². The number of aromatic nitrogens is 1. The highest BCUT2D eigenvalue weighted by atomic mass is 16.4. The van der Waals surface area contributed by atoms with E-state index in [4.69, 9.17) is 5.73 Å². The van der Waals surface area contributed by atoms with E-state index in [1.165, 1.54) is 6.92 Å². The Morgan fingerprint density at radius 2 is 1.86 bits per heavy atom. The fourth-order valence-corrected chi connectivity index (χ4v) is 4.34. The first-order chi connectivity index (χ1) is 17.3. The van der Waals surface area contributed by atoms with E-state index in [-0.39, 0.29) is 24.8 Å². The summed E-state index contributed by atoms with van der Waals surface area (Å²) in [7, 11) is 0. The Hall–Kier alpha value is -3.44. The van der Waals surface area contributed by atoms with Crippen molar-refractivity contribution in [1.29, 1.82) is 0 Å². The molecule has 0 radical (unpaired) electrons. The Bertz CT molecular complexity index is 1060. The van der Waals surface area contributed by atoms with E-state index in [0.29, 0.717) is 25.8 Å². The number of carbonyl (C=O) groups is 4. The average molecular weight is 501 g/mol. The van der Waals surface area contributed by atoms with Crippen molar-refractivity contribution in [3.63, 3.8) is 0 Å². The zero-order valence-corrected chi connectivity index (χ0v) is 20.5. The number of unbranched alkanes of at least 4 members (excludes halogenated alkanes) is 1. The number of hydrogen-bond acceptors (Lipinski definition) is 6. The Kier molecular flexibility index (Phi) is 9.83. The molecule has 2 heterocycles. The number of carboxylic acid groups (broad SMARTS) is 1. The number of amides is 3. The quantitative estimate of drug-likeness (QED) is 0.191. The highest BCUT2D eigenvalue weighted by Gasteiger charge is 2.30. The third-order valence-electron chi connectivity index (χ3n) is 6.42. The zero-order chi connectivity index (χ0) is 26.1. The van der Waals surface area contributed by atoms with Crippen LogP contribution in [0.25, 0.3) is 10.9 Å². The van der Waals surface area contributed by atoms with Crippen LogP contribution in [0.15, 0.2) is 30.5 Å². The number of H-pyrrole nitrogens is 1. The first-order valence-electron chi connectivity index (χ1n) is 12.4. The first kappa shape index (κ1) is 27.2. The second-order valence-electron chi connectivity index (χ2n) is 9.19. The van der Waals surface area contributed by atoms with E-state index in [0.717, 1.165) is 29.4 Å². The molecule has 0 spiro atoms. The number of para-hydroxylation sites is 1. The van der Waals surface area contributed by atoms with Crippen molar-refractivity contribution < 1.29 is 24.3 Å². The minimum absolute atomic E-state index is 0.222. The Balaban J connectivity index is 1.68. The van der Waals surface area contributed by atoms with Crippen molar-refractivity contribution in [3.8, 4) is 0 Å². The standard InChI is InChI=1S/C25H36N6O5/c1-15(22(32)30-20(25(35)36)9-4-5-11-26)29-24(34)21(31-23(33)19-10-6-12-27-19)13-16-14-28-18-8-3-2-7-17(16)18/h2-3,7-8,14-15,19-21,27-28H,4-6,9-13,26H2,1H3,(H,29,34)(H,30,32)(H,31,33)(H,35,36). The number of fused-ring (bicyclic) bond motifs is 1. The molecule has 4 unspecified atom stereocenters. The second kappa shape index (κ2) is 13.0.